The smallest absolute Gasteiger partial charge is 0.305 e. The largest absolute Gasteiger partial charge is 0.481 e. The summed E-state index contributed by atoms with van der Waals surface area (Å²) in [5.74, 6) is -2.03. The van der Waals surface area contributed by atoms with E-state index in [1.807, 2.05) is 42.7 Å². The Morgan fingerprint density at radius 3 is 2.17 bits per heavy atom. The number of pyridine rings is 1. The van der Waals surface area contributed by atoms with Crippen LogP contribution >= 0.6 is 0 Å². The van der Waals surface area contributed by atoms with Gasteiger partial charge in [0.05, 0.1) is 24.1 Å². The fourth-order valence-electron chi connectivity index (χ4n) is 5.48. The second-order valence-electron chi connectivity index (χ2n) is 10.5. The molecule has 2 aromatic heterocycles. The molecule has 3 N–H and O–H groups in total. The summed E-state index contributed by atoms with van der Waals surface area (Å²) >= 11 is 0. The molecule has 0 fully saturated rings. The normalized spacial score (nSPS) is 13.4. The van der Waals surface area contributed by atoms with Gasteiger partial charge in [-0.3, -0.25) is 14.2 Å². The van der Waals surface area contributed by atoms with Gasteiger partial charge in [0.2, 0.25) is 0 Å². The second kappa shape index (κ2) is 11.7. The van der Waals surface area contributed by atoms with Crippen LogP contribution in [0.5, 0.6) is 0 Å². The summed E-state index contributed by atoms with van der Waals surface area (Å²) in [5, 5.41) is 31.0. The van der Waals surface area contributed by atoms with Crippen molar-refractivity contribution in [1.29, 1.82) is 0 Å². The molecule has 0 bridgehead atoms. The third-order valence-corrected chi connectivity index (χ3v) is 7.20. The number of hydrogen-bond acceptors (Lipinski definition) is 4. The van der Waals surface area contributed by atoms with Crippen LogP contribution in [0.15, 0.2) is 83.7 Å². The van der Waals surface area contributed by atoms with E-state index in [2.05, 4.69) is 0 Å². The molecular weight excluding hydrogens is 542 g/mol. The lowest BCUT2D eigenvalue weighted by atomic mass is 9.98. The number of hydrogen-bond donors (Lipinski definition) is 3. The molecule has 0 radical (unpaired) electrons. The zero-order chi connectivity index (χ0) is 30.1. The SMILES string of the molecule is CC(C)n1c(C=C[C@H](O)C[C@@H](O)CC(=O)O)c(-c2ccc(F)cc2)c2c3ccccc3n(-c3ccc(F)cc3)c(=O)c21. The van der Waals surface area contributed by atoms with Crippen LogP contribution in [0, 0.1) is 11.6 Å². The molecule has 0 unspecified atom stereocenters. The summed E-state index contributed by atoms with van der Waals surface area (Å²) in [7, 11) is 0. The average molecular weight is 573 g/mol. The number of carbonyl (C=O) groups is 1. The Labute approximate surface area is 240 Å². The molecule has 5 aromatic rings. The predicted molar refractivity (Wildman–Crippen MR) is 159 cm³/mol. The van der Waals surface area contributed by atoms with E-state index < -0.39 is 36.2 Å². The first kappa shape index (κ1) is 28.9. The van der Waals surface area contributed by atoms with Crippen molar-refractivity contribution in [1.82, 2.24) is 9.13 Å². The topological polar surface area (TPSA) is 105 Å². The van der Waals surface area contributed by atoms with Gasteiger partial charge in [0.15, 0.2) is 0 Å². The van der Waals surface area contributed by atoms with Crippen molar-refractivity contribution in [2.75, 3.05) is 0 Å². The fraction of sp³-hybridized carbons (Fsp3) is 0.212. The van der Waals surface area contributed by atoms with E-state index in [9.17, 15) is 28.6 Å². The summed E-state index contributed by atoms with van der Waals surface area (Å²) in [6.45, 7) is 3.82. The van der Waals surface area contributed by atoms with Crippen molar-refractivity contribution < 1.29 is 28.9 Å². The number of aromatic nitrogens is 2. The van der Waals surface area contributed by atoms with Crippen molar-refractivity contribution in [3.63, 3.8) is 0 Å². The van der Waals surface area contributed by atoms with Crippen LogP contribution in [0.2, 0.25) is 0 Å². The first-order chi connectivity index (χ1) is 20.1. The van der Waals surface area contributed by atoms with Crippen molar-refractivity contribution >= 4 is 33.9 Å². The van der Waals surface area contributed by atoms with Crippen LogP contribution in [0.4, 0.5) is 8.78 Å². The van der Waals surface area contributed by atoms with E-state index in [1.165, 1.54) is 47.0 Å². The average Bonchev–Trinajstić information content (AvgIpc) is 3.29. The minimum Gasteiger partial charge on any atom is -0.481 e. The van der Waals surface area contributed by atoms with Crippen molar-refractivity contribution in [3.8, 4) is 16.8 Å². The lowest BCUT2D eigenvalue weighted by molar-refractivity contribution is -0.139. The molecule has 9 heteroatoms. The molecule has 7 nitrogen and oxygen atoms in total. The Balaban J connectivity index is 1.86. The predicted octanol–water partition coefficient (Wildman–Crippen LogP) is 6.07. The Kier molecular flexibility index (Phi) is 8.06. The van der Waals surface area contributed by atoms with E-state index in [4.69, 9.17) is 5.11 Å². The highest BCUT2D eigenvalue weighted by atomic mass is 19.1. The van der Waals surface area contributed by atoms with Crippen LogP contribution in [0.25, 0.3) is 44.7 Å². The first-order valence-electron chi connectivity index (χ1n) is 13.6. The number of carboxylic acid groups (broad SMARTS) is 1. The van der Waals surface area contributed by atoms with Gasteiger partial charge in [0.25, 0.3) is 5.56 Å². The number of benzene rings is 3. The third-order valence-electron chi connectivity index (χ3n) is 7.20. The van der Waals surface area contributed by atoms with Gasteiger partial charge in [0, 0.05) is 40.2 Å². The van der Waals surface area contributed by atoms with Gasteiger partial charge in [0.1, 0.15) is 17.2 Å². The Bertz CT molecular complexity index is 1860. The number of halogens is 2. The fourth-order valence-corrected chi connectivity index (χ4v) is 5.48. The second-order valence-corrected chi connectivity index (χ2v) is 10.5. The van der Waals surface area contributed by atoms with Crippen molar-refractivity contribution in [2.24, 2.45) is 0 Å². The molecule has 0 aliphatic carbocycles. The summed E-state index contributed by atoms with van der Waals surface area (Å²) in [4.78, 5) is 25.4. The number of aliphatic hydroxyl groups excluding tert-OH is 2. The highest BCUT2D eigenvalue weighted by Crippen LogP contribution is 2.40. The molecule has 0 amide bonds. The standard InChI is InChI=1S/C33H30F2N2O5/c1-19(2)36-28(16-15-24(38)17-25(39)18-29(40)41)30(20-7-9-21(34)10-8-20)31-26-5-3-4-6-27(26)37(33(42)32(31)36)23-13-11-22(35)12-14-23/h3-16,19,24-25,38-39H,17-18H2,1-2H3,(H,40,41)/t24-,25+/m0/s1. The molecule has 0 saturated heterocycles. The molecule has 3 aromatic carbocycles. The molecule has 0 aliphatic heterocycles. The van der Waals surface area contributed by atoms with Gasteiger partial charge < -0.3 is 19.9 Å². The monoisotopic (exact) mass is 572 g/mol. The van der Waals surface area contributed by atoms with E-state index in [-0.39, 0.29) is 18.0 Å². The van der Waals surface area contributed by atoms with Crippen molar-refractivity contribution in [2.45, 2.75) is 44.9 Å². The Hall–Kier alpha value is -4.60. The first-order valence-corrected chi connectivity index (χ1v) is 13.6. The number of para-hydroxylation sites is 1. The quantitative estimate of drug-likeness (QED) is 0.199. The zero-order valence-electron chi connectivity index (χ0n) is 23.0. The van der Waals surface area contributed by atoms with Gasteiger partial charge >= 0.3 is 5.97 Å². The number of aliphatic carboxylic acids is 1. The molecule has 0 spiro atoms. The third kappa shape index (κ3) is 5.48. The Morgan fingerprint density at radius 1 is 0.929 bits per heavy atom. The lowest BCUT2D eigenvalue weighted by Crippen LogP contribution is -2.22. The van der Waals surface area contributed by atoms with E-state index >= 15 is 0 Å². The zero-order valence-corrected chi connectivity index (χ0v) is 23.0. The van der Waals surface area contributed by atoms with E-state index in [0.29, 0.717) is 38.9 Å². The Morgan fingerprint density at radius 2 is 1.55 bits per heavy atom. The molecule has 216 valence electrons. The van der Waals surface area contributed by atoms with Crippen LogP contribution in [0.3, 0.4) is 0 Å². The van der Waals surface area contributed by atoms with Gasteiger partial charge in [-0.2, -0.15) is 0 Å². The number of aliphatic hydroxyl groups is 2. The molecule has 0 aliphatic rings. The van der Waals surface area contributed by atoms with Crippen LogP contribution < -0.4 is 5.56 Å². The van der Waals surface area contributed by atoms with E-state index in [0.717, 1.165) is 5.39 Å². The number of nitrogens with zero attached hydrogens (tertiary/aromatic N) is 2. The van der Waals surface area contributed by atoms with Crippen LogP contribution in [-0.2, 0) is 4.79 Å². The maximum Gasteiger partial charge on any atom is 0.305 e. The number of carboxylic acids is 1. The highest BCUT2D eigenvalue weighted by molar-refractivity contribution is 6.15. The number of fused-ring (bicyclic) bond motifs is 3. The molecule has 5 rings (SSSR count). The molecule has 2 atom stereocenters. The van der Waals surface area contributed by atoms with Gasteiger partial charge in [-0.1, -0.05) is 36.4 Å². The van der Waals surface area contributed by atoms with Crippen molar-refractivity contribution in [3.05, 3.63) is 107 Å². The minimum atomic E-state index is -1.25. The number of rotatable bonds is 9. The molecular formula is C33H30F2N2O5. The van der Waals surface area contributed by atoms with Crippen LogP contribution in [-0.4, -0.2) is 42.6 Å². The molecule has 2 heterocycles. The summed E-state index contributed by atoms with van der Waals surface area (Å²) < 4.78 is 31.2. The summed E-state index contributed by atoms with van der Waals surface area (Å²) in [5.41, 5.74) is 2.96. The molecule has 42 heavy (non-hydrogen) atoms. The lowest BCUT2D eigenvalue weighted by Gasteiger charge is -2.16. The maximum absolute atomic E-state index is 14.4. The van der Waals surface area contributed by atoms with Gasteiger partial charge in [-0.05, 0) is 68.0 Å². The molecule has 0 saturated carbocycles. The minimum absolute atomic E-state index is 0.198. The maximum atomic E-state index is 14.4. The highest BCUT2D eigenvalue weighted by Gasteiger charge is 2.26. The van der Waals surface area contributed by atoms with Crippen LogP contribution in [0.1, 0.15) is 38.4 Å². The van der Waals surface area contributed by atoms with E-state index in [1.54, 1.807) is 18.2 Å². The summed E-state index contributed by atoms with van der Waals surface area (Å²) in [6, 6.07) is 18.7. The summed E-state index contributed by atoms with van der Waals surface area (Å²) in [6.07, 6.45) is -0.0311. The van der Waals surface area contributed by atoms with Gasteiger partial charge in [-0.25, -0.2) is 8.78 Å². The van der Waals surface area contributed by atoms with Gasteiger partial charge in [-0.15, -0.1) is 0 Å².